The summed E-state index contributed by atoms with van der Waals surface area (Å²) < 4.78 is 53.9. The molecule has 10 aromatic carbocycles. The van der Waals surface area contributed by atoms with Crippen molar-refractivity contribution < 1.29 is 41.7 Å². The summed E-state index contributed by atoms with van der Waals surface area (Å²) in [4.78, 5) is 32.7. The molecule has 1 amide bonds. The zero-order valence-electron chi connectivity index (χ0n) is 69.7. The zero-order valence-corrected chi connectivity index (χ0v) is 74.6. The number of amides is 1. The number of nitriles is 5. The minimum atomic E-state index is -3.22. The summed E-state index contributed by atoms with van der Waals surface area (Å²) in [6.45, 7) is 20.0. The van der Waals surface area contributed by atoms with Crippen LogP contribution in [0.3, 0.4) is 0 Å². The van der Waals surface area contributed by atoms with Gasteiger partial charge < -0.3 is 25.8 Å². The second-order valence-electron chi connectivity index (χ2n) is 29.0. The molecule has 29 heteroatoms. The van der Waals surface area contributed by atoms with Gasteiger partial charge >= 0.3 is 12.9 Å². The van der Waals surface area contributed by atoms with Crippen molar-refractivity contribution >= 4 is 149 Å². The largest absolute Gasteiger partial charge is 0.618 e. The molecule has 0 saturated carbocycles. The number of hydrogen-bond acceptors (Lipinski definition) is 16. The van der Waals surface area contributed by atoms with Crippen molar-refractivity contribution in [3.8, 4) is 58.0 Å². The van der Waals surface area contributed by atoms with Crippen molar-refractivity contribution in [1.82, 2.24) is 24.9 Å². The van der Waals surface area contributed by atoms with Crippen molar-refractivity contribution in [3.63, 3.8) is 0 Å². The van der Waals surface area contributed by atoms with Gasteiger partial charge in [0.15, 0.2) is 20.3 Å². The standard InChI is InChI=1S/C17H13FN2O.C17H11FN2.C11H7ClN2.C11H8N2O.C11H8N2.C10H9NO.C10H9N.C6H5BFO2.C4H9NSi.CH4.Cl3OP/c1-10-2-7-13-14(11-3-5-12(18)6-4-11)9-16(17(19)21)20-15(13)8-10;1-11-2-7-15-16(12-3-5-13(18)6-4-12)9-14(10-19)20-17(15)8-11;1-7-2-3-9-10(12)5-8(6-13)14-11(9)4-7;1-8-2-3-9-4-5-10(7-12)13(14)11(9)6-8;1-8-2-3-9-4-5-10(7-12)13-11(9)6-8;1-8-4-5-9-3-2-6-11(12)10(9)7-8;1-8-4-5-9-3-2-6-11-10(9)7-8;8-5-1-3-6(4-2-5)10-7-9;1-6(2,3)4-5;;1-5(2,3)4/h2-9H,1H3,(H2,19,21);2-9H,1H3;2-5H,1H3;2-6H,1H3;2-6H,1H3;2-7H,1H3;2-7H,1H3;1-4,9H;1-3H3;1H4;. The van der Waals surface area contributed by atoms with E-state index in [1.54, 1.807) is 66.7 Å². The molecule has 3 N–H and O–H groups in total. The van der Waals surface area contributed by atoms with Gasteiger partial charge in [0.05, 0.1) is 32.6 Å². The van der Waals surface area contributed by atoms with Gasteiger partial charge in [0.1, 0.15) is 64.2 Å². The highest BCUT2D eigenvalue weighted by atomic mass is 36.0. The topological polar surface area (TPSA) is 327 Å². The van der Waals surface area contributed by atoms with Gasteiger partial charge in [-0.15, -0.1) is 0 Å². The minimum Gasteiger partial charge on any atom is -0.618 e. The molecule has 0 fully saturated rings. The molecule has 0 aliphatic heterocycles. The monoisotopic (exact) mass is 1800 g/mol. The van der Waals surface area contributed by atoms with E-state index in [1.807, 2.05) is 207 Å². The fourth-order valence-corrected chi connectivity index (χ4v) is 12.0. The summed E-state index contributed by atoms with van der Waals surface area (Å²) in [7, 11) is -0.777. The lowest BCUT2D eigenvalue weighted by molar-refractivity contribution is -0.580. The van der Waals surface area contributed by atoms with Gasteiger partial charge in [-0.1, -0.05) is 142 Å². The Kier molecular flexibility index (Phi) is 37.5. The van der Waals surface area contributed by atoms with E-state index in [2.05, 4.69) is 106 Å². The lowest BCUT2D eigenvalue weighted by atomic mass is 9.99. The molecule has 17 rings (SSSR count). The Hall–Kier alpha value is -14.2. The number of carbonyl (C=O) groups is 1. The normalized spacial score (nSPS) is 10.2. The molecule has 0 aliphatic rings. The number of fused-ring (bicyclic) bond motifs is 7. The summed E-state index contributed by atoms with van der Waals surface area (Å²) in [5, 5.41) is 78.6. The van der Waals surface area contributed by atoms with Gasteiger partial charge in [0.2, 0.25) is 11.0 Å². The van der Waals surface area contributed by atoms with Crippen LogP contribution in [0.25, 0.3) is 98.6 Å². The maximum Gasteiger partial charge on any atom is 0.569 e. The number of rotatable bonds is 5. The highest BCUT2D eigenvalue weighted by molar-refractivity contribution is 8.24. The fourth-order valence-electron chi connectivity index (χ4n) is 11.7. The molecule has 7 aromatic heterocycles. The second-order valence-corrected chi connectivity index (χ2v) is 40.8. The molecule has 1 radical (unpaired) electrons. The predicted molar refractivity (Wildman–Crippen MR) is 507 cm³/mol. The highest BCUT2D eigenvalue weighted by Gasteiger charge is 2.15. The molecule has 0 saturated heterocycles. The molecule has 0 atom stereocenters. The number of benzene rings is 10. The van der Waals surface area contributed by atoms with Crippen molar-refractivity contribution in [2.24, 2.45) is 5.73 Å². The Morgan fingerprint density at radius 3 is 1.32 bits per heavy atom. The summed E-state index contributed by atoms with van der Waals surface area (Å²) in [6, 6.07) is 86.6. The van der Waals surface area contributed by atoms with E-state index < -0.39 is 19.2 Å². The van der Waals surface area contributed by atoms with E-state index in [4.69, 9.17) is 48.7 Å². The third-order valence-electron chi connectivity index (χ3n) is 17.8. The van der Waals surface area contributed by atoms with E-state index in [0.717, 1.165) is 120 Å². The van der Waals surface area contributed by atoms with Gasteiger partial charge in [0.25, 0.3) is 11.6 Å². The lowest BCUT2D eigenvalue weighted by Crippen LogP contribution is -2.31. The van der Waals surface area contributed by atoms with Crippen LogP contribution < -0.4 is 19.8 Å². The molecule has 17 aromatic rings. The number of aromatic nitrogens is 7. The third-order valence-corrected chi connectivity index (χ3v) is 18.8. The van der Waals surface area contributed by atoms with Crippen molar-refractivity contribution in [1.29, 1.82) is 26.3 Å². The Balaban J connectivity index is 0.000000197. The van der Waals surface area contributed by atoms with Crippen molar-refractivity contribution in [2.75, 3.05) is 0 Å². The lowest BCUT2D eigenvalue weighted by Gasteiger charge is -2.09. The first kappa shape index (κ1) is 99.9. The maximum atomic E-state index is 13.1. The van der Waals surface area contributed by atoms with Crippen LogP contribution in [-0.4, -0.2) is 51.6 Å². The van der Waals surface area contributed by atoms with E-state index in [1.165, 1.54) is 71.7 Å². The van der Waals surface area contributed by atoms with Crippen molar-refractivity contribution in [3.05, 3.63) is 380 Å². The first-order valence-electron chi connectivity index (χ1n) is 38.2. The van der Waals surface area contributed by atoms with Crippen LogP contribution in [0.5, 0.6) is 5.75 Å². The number of hydrogen-bond donors (Lipinski definition) is 2. The molecular weight excluding hydrogens is 1720 g/mol. The molecule has 0 unspecified atom stereocenters. The van der Waals surface area contributed by atoms with Crippen LogP contribution in [0.2, 0.25) is 24.7 Å². The minimum absolute atomic E-state index is 0. The second kappa shape index (κ2) is 47.6. The molecule has 7 heterocycles. The number of primary amides is 1. The SMILES string of the molecule is C.C[Si](C)(C)C#N.Cc1ccc2c(-c3ccc(F)cc3)cc(C#N)nc2c1.Cc1ccc2c(-c3ccc(F)cc3)cc(C(N)=O)nc2c1.Cc1ccc2c(Cl)cc(C#N)nc2c1.Cc1ccc2ccc(C#N)[n+]([O-])c2c1.Cc1ccc2ccc(C#N)nc2c1.Cc1ccc2ccc[n+]([O-])c2c1.Cc1ccc2cccnc2c1.O=P(Cl)(Cl)Cl.O[B]Oc1ccc(F)cc1. The van der Waals surface area contributed by atoms with Crippen LogP contribution >= 0.6 is 50.5 Å². The van der Waals surface area contributed by atoms with Gasteiger partial charge in [-0.2, -0.15) is 30.5 Å². The van der Waals surface area contributed by atoms with Crippen LogP contribution in [0.4, 0.5) is 13.2 Å². The van der Waals surface area contributed by atoms with Crippen LogP contribution in [0.15, 0.2) is 279 Å². The first-order chi connectivity index (χ1) is 59.9. The van der Waals surface area contributed by atoms with Crippen LogP contribution in [0, 0.1) is 133 Å². The van der Waals surface area contributed by atoms with Crippen LogP contribution in [0.1, 0.15) is 79.6 Å². The number of nitrogens with zero attached hydrogens (tertiary/aromatic N) is 12. The zero-order chi connectivity index (χ0) is 92.0. The molecule has 0 bridgehead atoms. The molecule has 19 nitrogen and oxygen atoms in total. The summed E-state index contributed by atoms with van der Waals surface area (Å²) in [5.74, 6) is -1.08. The summed E-state index contributed by atoms with van der Waals surface area (Å²) >= 11 is 19.9. The van der Waals surface area contributed by atoms with Crippen LogP contribution in [-0.2, 0) is 4.57 Å². The van der Waals surface area contributed by atoms with E-state index in [-0.39, 0.29) is 36.3 Å². The molecular formula is C98H83BCl4F3N13O6PSi. The molecule has 127 heavy (non-hydrogen) atoms. The van der Waals surface area contributed by atoms with E-state index in [0.29, 0.717) is 51.3 Å². The predicted octanol–water partition coefficient (Wildman–Crippen LogP) is 24.7. The van der Waals surface area contributed by atoms with E-state index in [9.17, 15) is 32.9 Å². The Labute approximate surface area is 755 Å². The fraction of sp³-hybridized carbons (Fsp3) is 0.112. The number of halogens is 7. The van der Waals surface area contributed by atoms with Gasteiger partial charge in [-0.25, -0.2) is 38.4 Å². The number of nitrogens with two attached hydrogens (primary N) is 1. The highest BCUT2D eigenvalue weighted by Crippen LogP contribution is 2.61. The Bertz CT molecular complexity index is 7050. The van der Waals surface area contributed by atoms with Gasteiger partial charge in [-0.05, 0) is 283 Å². The average Bonchev–Trinajstić information content (AvgIpc) is 0.850. The van der Waals surface area contributed by atoms with Gasteiger partial charge in [-0.3, -0.25) is 14.3 Å². The average molecular weight is 1810 g/mol. The number of aryl methyl sites for hydroxylation is 7. The summed E-state index contributed by atoms with van der Waals surface area (Å²) in [6.07, 6.45) is 3.34. The molecule has 0 aliphatic carbocycles. The summed E-state index contributed by atoms with van der Waals surface area (Å²) in [5.41, 5.74) is 25.8. The first-order valence-corrected chi connectivity index (χ1v) is 46.5. The molecule has 0 spiro atoms. The van der Waals surface area contributed by atoms with Crippen molar-refractivity contribution in [2.45, 2.75) is 75.5 Å². The Morgan fingerprint density at radius 1 is 0.465 bits per heavy atom. The quantitative estimate of drug-likeness (QED) is 0.0700. The Morgan fingerprint density at radius 2 is 0.843 bits per heavy atom. The number of pyridine rings is 7. The number of carbonyl (C=O) groups excluding carboxylic acids is 1. The van der Waals surface area contributed by atoms with E-state index >= 15 is 0 Å². The smallest absolute Gasteiger partial charge is 0.569 e. The molecule has 637 valence electrons. The third kappa shape index (κ3) is 31.2. The van der Waals surface area contributed by atoms with Gasteiger partial charge in [0, 0.05) is 73.9 Å². The maximum absolute atomic E-state index is 13.1.